The van der Waals surface area contributed by atoms with Gasteiger partial charge in [0.1, 0.15) is 5.54 Å². The molecule has 1 aliphatic carbocycles. The van der Waals surface area contributed by atoms with E-state index in [-0.39, 0.29) is 18.5 Å². The van der Waals surface area contributed by atoms with Crippen LogP contribution in [-0.2, 0) is 4.79 Å². The summed E-state index contributed by atoms with van der Waals surface area (Å²) in [6.45, 7) is 5.32. The van der Waals surface area contributed by atoms with Gasteiger partial charge in [0.15, 0.2) is 0 Å². The van der Waals surface area contributed by atoms with E-state index in [2.05, 4.69) is 17.6 Å². The third-order valence-electron chi connectivity index (χ3n) is 4.40. The Hall–Kier alpha value is -1.14. The molecule has 3 N–H and O–H groups in total. The zero-order valence-corrected chi connectivity index (χ0v) is 12.3. The number of nitrogens with one attached hydrogen (secondary N) is 2. The third-order valence-corrected chi connectivity index (χ3v) is 4.40. The van der Waals surface area contributed by atoms with Gasteiger partial charge in [0.2, 0.25) is 0 Å². The van der Waals surface area contributed by atoms with Gasteiger partial charge in [-0.15, -0.1) is 0 Å². The van der Waals surface area contributed by atoms with Crippen molar-refractivity contribution in [3.63, 3.8) is 0 Å². The fourth-order valence-electron chi connectivity index (χ4n) is 3.02. The molecule has 0 bridgehead atoms. The molecule has 1 saturated heterocycles. The lowest BCUT2D eigenvalue weighted by Crippen LogP contribution is -2.50. The van der Waals surface area contributed by atoms with E-state index in [9.17, 15) is 14.7 Å². The number of carbonyl (C=O) groups is 2. The molecule has 6 heteroatoms. The fourth-order valence-corrected chi connectivity index (χ4v) is 3.02. The number of carbonyl (C=O) groups excluding carboxylic acids is 2. The first-order chi connectivity index (χ1) is 9.48. The molecule has 1 atom stereocenters. The quantitative estimate of drug-likeness (QED) is 0.640. The van der Waals surface area contributed by atoms with Crippen LogP contribution in [0.15, 0.2) is 0 Å². The largest absolute Gasteiger partial charge is 0.390 e. The molecule has 2 rings (SSSR count). The molecule has 1 unspecified atom stereocenters. The first-order valence-corrected chi connectivity index (χ1v) is 7.51. The van der Waals surface area contributed by atoms with Crippen molar-refractivity contribution in [2.24, 2.45) is 5.92 Å². The Morgan fingerprint density at radius 1 is 1.45 bits per heavy atom. The van der Waals surface area contributed by atoms with Crippen LogP contribution in [0.2, 0.25) is 0 Å². The van der Waals surface area contributed by atoms with Crippen molar-refractivity contribution in [2.45, 2.75) is 51.2 Å². The van der Waals surface area contributed by atoms with Gasteiger partial charge in [0.05, 0.1) is 12.6 Å². The average molecular weight is 283 g/mol. The second kappa shape index (κ2) is 6.10. The third kappa shape index (κ3) is 2.96. The number of nitrogens with zero attached hydrogens (tertiary/aromatic N) is 1. The van der Waals surface area contributed by atoms with E-state index in [0.29, 0.717) is 25.3 Å². The maximum atomic E-state index is 12.5. The van der Waals surface area contributed by atoms with Crippen LogP contribution in [0.1, 0.15) is 39.5 Å². The highest BCUT2D eigenvalue weighted by Gasteiger charge is 2.52. The van der Waals surface area contributed by atoms with Crippen molar-refractivity contribution in [3.8, 4) is 0 Å². The number of imide groups is 1. The Morgan fingerprint density at radius 2 is 2.10 bits per heavy atom. The van der Waals surface area contributed by atoms with E-state index < -0.39 is 11.6 Å². The highest BCUT2D eigenvalue weighted by Crippen LogP contribution is 2.36. The summed E-state index contributed by atoms with van der Waals surface area (Å²) < 4.78 is 0. The van der Waals surface area contributed by atoms with Gasteiger partial charge in [-0.25, -0.2) is 4.79 Å². The summed E-state index contributed by atoms with van der Waals surface area (Å²) in [5.41, 5.74) is -0.707. The average Bonchev–Trinajstić information content (AvgIpc) is 2.65. The predicted molar refractivity (Wildman–Crippen MR) is 75.2 cm³/mol. The molecule has 2 fully saturated rings. The molecule has 20 heavy (non-hydrogen) atoms. The summed E-state index contributed by atoms with van der Waals surface area (Å²) in [4.78, 5) is 25.7. The van der Waals surface area contributed by atoms with Crippen LogP contribution in [-0.4, -0.2) is 53.2 Å². The Bertz CT molecular complexity index is 378. The summed E-state index contributed by atoms with van der Waals surface area (Å²) in [7, 11) is 0. The van der Waals surface area contributed by atoms with Crippen molar-refractivity contribution in [2.75, 3.05) is 19.6 Å². The van der Waals surface area contributed by atoms with E-state index in [0.717, 1.165) is 19.4 Å². The highest BCUT2D eigenvalue weighted by atomic mass is 16.3. The van der Waals surface area contributed by atoms with E-state index in [1.807, 2.05) is 6.92 Å². The Balaban J connectivity index is 1.98. The molecule has 0 aromatic carbocycles. The summed E-state index contributed by atoms with van der Waals surface area (Å²) >= 11 is 0. The van der Waals surface area contributed by atoms with Gasteiger partial charge in [-0.2, -0.15) is 0 Å². The Kier molecular flexibility index (Phi) is 4.65. The first kappa shape index (κ1) is 15.3. The summed E-state index contributed by atoms with van der Waals surface area (Å²) in [5.74, 6) is 0.448. The van der Waals surface area contributed by atoms with Crippen LogP contribution in [0.3, 0.4) is 0 Å². The molecular weight excluding hydrogens is 258 g/mol. The van der Waals surface area contributed by atoms with Crippen LogP contribution < -0.4 is 10.6 Å². The molecule has 6 nitrogen and oxygen atoms in total. The maximum absolute atomic E-state index is 12.5. The van der Waals surface area contributed by atoms with E-state index in [4.69, 9.17) is 0 Å². The number of aliphatic hydroxyl groups is 1. The van der Waals surface area contributed by atoms with E-state index in [1.165, 1.54) is 4.90 Å². The van der Waals surface area contributed by atoms with Crippen molar-refractivity contribution in [3.05, 3.63) is 0 Å². The molecule has 0 radical (unpaired) electrons. The number of likely N-dealkylation sites (N-methyl/N-ethyl adjacent to an activating group) is 1. The molecule has 3 amide bonds. The van der Waals surface area contributed by atoms with E-state index in [1.54, 1.807) is 0 Å². The van der Waals surface area contributed by atoms with Crippen LogP contribution in [0, 0.1) is 5.92 Å². The smallest absolute Gasteiger partial charge is 0.325 e. The standard InChI is InChI=1S/C14H25N3O3/c1-3-15-8-11(18)9-17-12(19)14(16-13(17)20)6-4-10(2)5-7-14/h10-11,15,18H,3-9H2,1-2H3,(H,16,20). The maximum Gasteiger partial charge on any atom is 0.325 e. The lowest BCUT2D eigenvalue weighted by atomic mass is 9.77. The molecular formula is C14H25N3O3. The van der Waals surface area contributed by atoms with Gasteiger partial charge in [-0.05, 0) is 38.1 Å². The normalized spacial score (nSPS) is 31.8. The number of amides is 3. The monoisotopic (exact) mass is 283 g/mol. The molecule has 1 saturated carbocycles. The van der Waals surface area contributed by atoms with Gasteiger partial charge in [0, 0.05) is 6.54 Å². The Labute approximate surface area is 119 Å². The van der Waals surface area contributed by atoms with Crippen molar-refractivity contribution < 1.29 is 14.7 Å². The minimum Gasteiger partial charge on any atom is -0.390 e. The number of hydrogen-bond donors (Lipinski definition) is 3. The van der Waals surface area contributed by atoms with Crippen LogP contribution in [0.25, 0.3) is 0 Å². The van der Waals surface area contributed by atoms with Crippen LogP contribution >= 0.6 is 0 Å². The SMILES string of the molecule is CCNCC(O)CN1C(=O)NC2(CCC(C)CC2)C1=O. The highest BCUT2D eigenvalue weighted by molar-refractivity contribution is 6.07. The molecule has 1 heterocycles. The molecule has 1 aliphatic heterocycles. The summed E-state index contributed by atoms with van der Waals surface area (Å²) in [6, 6.07) is -0.361. The lowest BCUT2D eigenvalue weighted by molar-refractivity contribution is -0.133. The van der Waals surface area contributed by atoms with Gasteiger partial charge in [0.25, 0.3) is 5.91 Å². The minimum atomic E-state index is -0.720. The summed E-state index contributed by atoms with van der Waals surface area (Å²) in [6.07, 6.45) is 2.61. The van der Waals surface area contributed by atoms with Crippen molar-refractivity contribution in [1.82, 2.24) is 15.5 Å². The zero-order valence-electron chi connectivity index (χ0n) is 12.3. The molecule has 114 valence electrons. The first-order valence-electron chi connectivity index (χ1n) is 7.51. The summed E-state index contributed by atoms with van der Waals surface area (Å²) in [5, 5.41) is 15.7. The molecule has 1 spiro atoms. The van der Waals surface area contributed by atoms with Crippen LogP contribution in [0.5, 0.6) is 0 Å². The number of hydrogen-bond acceptors (Lipinski definition) is 4. The molecule has 0 aromatic heterocycles. The fraction of sp³-hybridized carbons (Fsp3) is 0.857. The van der Waals surface area contributed by atoms with Crippen molar-refractivity contribution in [1.29, 1.82) is 0 Å². The zero-order chi connectivity index (χ0) is 14.8. The molecule has 2 aliphatic rings. The van der Waals surface area contributed by atoms with Gasteiger partial charge >= 0.3 is 6.03 Å². The number of rotatable bonds is 5. The second-order valence-corrected chi connectivity index (χ2v) is 6.07. The van der Waals surface area contributed by atoms with Gasteiger partial charge < -0.3 is 15.7 Å². The number of aliphatic hydroxyl groups excluding tert-OH is 1. The number of β-amino-alcohol motifs (C(OH)–C–C–N with tert-alkyl or cyclic N) is 1. The second-order valence-electron chi connectivity index (χ2n) is 6.07. The Morgan fingerprint density at radius 3 is 2.70 bits per heavy atom. The van der Waals surface area contributed by atoms with E-state index >= 15 is 0 Å². The predicted octanol–water partition coefficient (Wildman–Crippen LogP) is 0.458. The van der Waals surface area contributed by atoms with Gasteiger partial charge in [-0.1, -0.05) is 13.8 Å². The minimum absolute atomic E-state index is 0.0645. The van der Waals surface area contributed by atoms with Gasteiger partial charge in [-0.3, -0.25) is 9.69 Å². The number of urea groups is 1. The molecule has 0 aromatic rings. The topological polar surface area (TPSA) is 81.7 Å². The van der Waals surface area contributed by atoms with Crippen molar-refractivity contribution >= 4 is 11.9 Å². The lowest BCUT2D eigenvalue weighted by Gasteiger charge is -2.33. The van der Waals surface area contributed by atoms with Crippen LogP contribution in [0.4, 0.5) is 4.79 Å².